The van der Waals surface area contributed by atoms with Gasteiger partial charge in [0, 0.05) is 10.0 Å². The number of benzene rings is 1. The fourth-order valence-electron chi connectivity index (χ4n) is 2.09. The molecule has 0 heterocycles. The maximum absolute atomic E-state index is 11.1. The summed E-state index contributed by atoms with van der Waals surface area (Å²) in [7, 11) is 0. The van der Waals surface area contributed by atoms with E-state index < -0.39 is 11.9 Å². The van der Waals surface area contributed by atoms with E-state index in [0.717, 1.165) is 24.0 Å². The van der Waals surface area contributed by atoms with Crippen molar-refractivity contribution in [2.75, 3.05) is 0 Å². The maximum atomic E-state index is 11.1. The van der Waals surface area contributed by atoms with Crippen LogP contribution in [0.3, 0.4) is 0 Å². The zero-order valence-electron chi connectivity index (χ0n) is 7.96. The topological polar surface area (TPSA) is 37.3 Å². The summed E-state index contributed by atoms with van der Waals surface area (Å²) in [6, 6.07) is 3.40. The van der Waals surface area contributed by atoms with Crippen LogP contribution < -0.4 is 0 Å². The molecule has 0 amide bonds. The molecule has 1 atom stereocenters. The Hall–Kier alpha value is -0.730. The van der Waals surface area contributed by atoms with Crippen LogP contribution in [0.2, 0.25) is 10.0 Å². The van der Waals surface area contributed by atoms with Gasteiger partial charge < -0.3 is 5.11 Å². The zero-order valence-corrected chi connectivity index (χ0v) is 9.48. The number of carboxylic acid groups (broad SMARTS) is 1. The van der Waals surface area contributed by atoms with Gasteiger partial charge in [-0.1, -0.05) is 23.2 Å². The van der Waals surface area contributed by atoms with E-state index in [1.54, 1.807) is 12.1 Å². The fourth-order valence-corrected chi connectivity index (χ4v) is 2.70. The number of hydrogen-bond acceptors (Lipinski definition) is 1. The first-order valence-electron chi connectivity index (χ1n) is 4.80. The smallest absolute Gasteiger partial charge is 0.310 e. The van der Waals surface area contributed by atoms with Gasteiger partial charge in [-0.15, -0.1) is 0 Å². The molecule has 0 aliphatic heterocycles. The van der Waals surface area contributed by atoms with Gasteiger partial charge in [0.15, 0.2) is 0 Å². The van der Waals surface area contributed by atoms with Crippen molar-refractivity contribution in [2.24, 2.45) is 0 Å². The quantitative estimate of drug-likeness (QED) is 0.822. The standard InChI is InChI=1S/C11H10Cl2O2/c12-6-4-9-7(10(13)5-6)2-1-3-8(9)11(14)15/h4-5,8H,1-3H2,(H,14,15). The highest BCUT2D eigenvalue weighted by Crippen LogP contribution is 2.37. The largest absolute Gasteiger partial charge is 0.481 e. The summed E-state index contributed by atoms with van der Waals surface area (Å²) in [5.74, 6) is -1.25. The van der Waals surface area contributed by atoms with Crippen LogP contribution in [0.15, 0.2) is 12.1 Å². The Labute approximate surface area is 97.8 Å². The van der Waals surface area contributed by atoms with Gasteiger partial charge in [0.25, 0.3) is 0 Å². The second kappa shape index (κ2) is 4.03. The average Bonchev–Trinajstić information content (AvgIpc) is 2.16. The summed E-state index contributed by atoms with van der Waals surface area (Å²) in [4.78, 5) is 11.1. The summed E-state index contributed by atoms with van der Waals surface area (Å²) < 4.78 is 0. The lowest BCUT2D eigenvalue weighted by Crippen LogP contribution is -2.18. The van der Waals surface area contributed by atoms with Crippen molar-refractivity contribution in [1.82, 2.24) is 0 Å². The minimum atomic E-state index is -0.797. The van der Waals surface area contributed by atoms with E-state index >= 15 is 0 Å². The molecule has 80 valence electrons. The van der Waals surface area contributed by atoms with E-state index in [1.165, 1.54) is 0 Å². The molecule has 2 nitrogen and oxygen atoms in total. The van der Waals surface area contributed by atoms with Crippen molar-refractivity contribution >= 4 is 29.2 Å². The van der Waals surface area contributed by atoms with E-state index in [1.807, 2.05) is 0 Å². The third kappa shape index (κ3) is 1.97. The zero-order chi connectivity index (χ0) is 11.0. The van der Waals surface area contributed by atoms with Gasteiger partial charge >= 0.3 is 5.97 Å². The molecule has 1 aliphatic carbocycles. The van der Waals surface area contributed by atoms with Crippen LogP contribution in [0.25, 0.3) is 0 Å². The van der Waals surface area contributed by atoms with Gasteiger partial charge in [-0.3, -0.25) is 4.79 Å². The molecule has 0 fully saturated rings. The molecule has 0 saturated heterocycles. The van der Waals surface area contributed by atoms with Gasteiger partial charge in [-0.2, -0.15) is 0 Å². The van der Waals surface area contributed by atoms with Crippen LogP contribution in [0.4, 0.5) is 0 Å². The molecule has 1 unspecified atom stereocenters. The Morgan fingerprint density at radius 2 is 2.13 bits per heavy atom. The first-order valence-corrected chi connectivity index (χ1v) is 5.56. The average molecular weight is 245 g/mol. The Morgan fingerprint density at radius 1 is 1.40 bits per heavy atom. The first kappa shape index (κ1) is 10.8. The van der Waals surface area contributed by atoms with Crippen LogP contribution >= 0.6 is 23.2 Å². The lowest BCUT2D eigenvalue weighted by Gasteiger charge is -2.23. The van der Waals surface area contributed by atoms with E-state index in [4.69, 9.17) is 28.3 Å². The van der Waals surface area contributed by atoms with Gasteiger partial charge in [-0.05, 0) is 42.5 Å². The Kier molecular flexibility index (Phi) is 2.89. The fraction of sp³-hybridized carbons (Fsp3) is 0.364. The van der Waals surface area contributed by atoms with Crippen molar-refractivity contribution in [1.29, 1.82) is 0 Å². The van der Waals surface area contributed by atoms with Crippen molar-refractivity contribution in [3.05, 3.63) is 33.3 Å². The van der Waals surface area contributed by atoms with Crippen molar-refractivity contribution < 1.29 is 9.90 Å². The minimum Gasteiger partial charge on any atom is -0.481 e. The van der Waals surface area contributed by atoms with E-state index in [-0.39, 0.29) is 0 Å². The monoisotopic (exact) mass is 244 g/mol. The molecule has 15 heavy (non-hydrogen) atoms. The van der Waals surface area contributed by atoms with E-state index in [9.17, 15) is 4.79 Å². The van der Waals surface area contributed by atoms with Crippen LogP contribution in [0.1, 0.15) is 29.9 Å². The van der Waals surface area contributed by atoms with E-state index in [0.29, 0.717) is 16.5 Å². The highest BCUT2D eigenvalue weighted by Gasteiger charge is 2.27. The number of hydrogen-bond donors (Lipinski definition) is 1. The summed E-state index contributed by atoms with van der Waals surface area (Å²) >= 11 is 11.9. The lowest BCUT2D eigenvalue weighted by molar-refractivity contribution is -0.139. The number of carbonyl (C=O) groups is 1. The van der Waals surface area contributed by atoms with Crippen molar-refractivity contribution in [2.45, 2.75) is 25.2 Å². The molecule has 0 saturated carbocycles. The predicted molar refractivity (Wildman–Crippen MR) is 59.8 cm³/mol. The van der Waals surface area contributed by atoms with Gasteiger partial charge in [0.05, 0.1) is 5.92 Å². The summed E-state index contributed by atoms with van der Waals surface area (Å²) in [6.45, 7) is 0. The molecule has 1 N–H and O–H groups in total. The molecular weight excluding hydrogens is 235 g/mol. The van der Waals surface area contributed by atoms with Crippen LogP contribution in [-0.4, -0.2) is 11.1 Å². The Balaban J connectivity index is 2.55. The molecule has 1 aliphatic rings. The second-order valence-electron chi connectivity index (χ2n) is 3.74. The minimum absolute atomic E-state index is 0.454. The summed E-state index contributed by atoms with van der Waals surface area (Å²) in [6.07, 6.45) is 2.37. The lowest BCUT2D eigenvalue weighted by atomic mass is 9.83. The van der Waals surface area contributed by atoms with Gasteiger partial charge in [-0.25, -0.2) is 0 Å². The Bertz CT molecular complexity index is 415. The van der Waals surface area contributed by atoms with Crippen LogP contribution in [-0.2, 0) is 11.2 Å². The molecule has 1 aromatic carbocycles. The number of fused-ring (bicyclic) bond motifs is 1. The summed E-state index contributed by atoms with van der Waals surface area (Å²) in [5.41, 5.74) is 1.73. The molecule has 0 spiro atoms. The van der Waals surface area contributed by atoms with Gasteiger partial charge in [0.2, 0.25) is 0 Å². The molecule has 4 heteroatoms. The third-order valence-electron chi connectivity index (χ3n) is 2.79. The Morgan fingerprint density at radius 3 is 2.80 bits per heavy atom. The van der Waals surface area contributed by atoms with Crippen molar-refractivity contribution in [3.8, 4) is 0 Å². The van der Waals surface area contributed by atoms with Crippen molar-refractivity contribution in [3.63, 3.8) is 0 Å². The number of halogens is 2. The molecule has 2 rings (SSSR count). The second-order valence-corrected chi connectivity index (χ2v) is 4.58. The maximum Gasteiger partial charge on any atom is 0.310 e. The SMILES string of the molecule is O=C(O)C1CCCc2c(Cl)cc(Cl)cc21. The number of aliphatic carboxylic acids is 1. The first-order chi connectivity index (χ1) is 7.09. The molecule has 0 radical (unpaired) electrons. The highest BCUT2D eigenvalue weighted by atomic mass is 35.5. The van der Waals surface area contributed by atoms with Crippen LogP contribution in [0.5, 0.6) is 0 Å². The highest BCUT2D eigenvalue weighted by molar-refractivity contribution is 6.35. The number of carboxylic acids is 1. The molecular formula is C11H10Cl2O2. The van der Waals surface area contributed by atoms with E-state index in [2.05, 4.69) is 0 Å². The van der Waals surface area contributed by atoms with Crippen LogP contribution in [0, 0.1) is 0 Å². The molecule has 1 aromatic rings. The summed E-state index contributed by atoms with van der Waals surface area (Å²) in [5, 5.41) is 10.2. The molecule has 0 bridgehead atoms. The van der Waals surface area contributed by atoms with Gasteiger partial charge in [0.1, 0.15) is 0 Å². The number of rotatable bonds is 1. The predicted octanol–water partition coefficient (Wildman–Crippen LogP) is 3.50. The molecule has 0 aromatic heterocycles. The normalized spacial score (nSPS) is 19.7. The third-order valence-corrected chi connectivity index (χ3v) is 3.34.